The molecular formula is C24H24N4O. The Labute approximate surface area is 170 Å². The van der Waals surface area contributed by atoms with E-state index in [2.05, 4.69) is 29.5 Å². The molecular weight excluding hydrogens is 360 g/mol. The maximum Gasteiger partial charge on any atom is 0.256 e. The lowest BCUT2D eigenvalue weighted by atomic mass is 10.0. The van der Waals surface area contributed by atoms with E-state index in [1.165, 1.54) is 5.56 Å². The van der Waals surface area contributed by atoms with E-state index in [0.717, 1.165) is 39.2 Å². The highest BCUT2D eigenvalue weighted by Crippen LogP contribution is 2.28. The Balaban J connectivity index is 1.89. The third kappa shape index (κ3) is 3.51. The zero-order valence-corrected chi connectivity index (χ0v) is 17.2. The third-order valence-corrected chi connectivity index (χ3v) is 5.16. The van der Waals surface area contributed by atoms with E-state index in [9.17, 15) is 4.79 Å². The number of rotatable bonds is 4. The summed E-state index contributed by atoms with van der Waals surface area (Å²) in [5, 5.41) is 8.46. The van der Waals surface area contributed by atoms with Gasteiger partial charge in [-0.1, -0.05) is 48.0 Å². The first-order chi connectivity index (χ1) is 14.0. The van der Waals surface area contributed by atoms with Crippen molar-refractivity contribution < 1.29 is 4.79 Å². The quantitative estimate of drug-likeness (QED) is 0.520. The van der Waals surface area contributed by atoms with Gasteiger partial charge in [-0.25, -0.2) is 9.67 Å². The first-order valence-electron chi connectivity index (χ1n) is 9.80. The minimum Gasteiger partial charge on any atom is -0.322 e. The highest BCUT2D eigenvalue weighted by atomic mass is 16.1. The number of carbonyl (C=O) groups is 1. The third-order valence-electron chi connectivity index (χ3n) is 5.16. The second kappa shape index (κ2) is 7.51. The standard InChI is InChI=1S/C24H24N4O/c1-5-28-23-22(17(4)27-28)19(24(29)26-20-9-7-6-8-16(20)3)14-21(25-23)18-12-10-15(2)11-13-18/h6-14H,5H2,1-4H3,(H,26,29). The molecule has 5 nitrogen and oxygen atoms in total. The van der Waals surface area contributed by atoms with Crippen molar-refractivity contribution in [2.45, 2.75) is 34.2 Å². The molecule has 0 aliphatic rings. The normalized spacial score (nSPS) is 11.0. The maximum atomic E-state index is 13.3. The number of carbonyl (C=O) groups excluding carboxylic acids is 1. The largest absolute Gasteiger partial charge is 0.322 e. The van der Waals surface area contributed by atoms with E-state index < -0.39 is 0 Å². The van der Waals surface area contributed by atoms with E-state index in [1.807, 2.05) is 67.9 Å². The van der Waals surface area contributed by atoms with Crippen LogP contribution in [0.15, 0.2) is 54.6 Å². The Hall–Kier alpha value is -3.47. The molecule has 0 atom stereocenters. The number of amides is 1. The topological polar surface area (TPSA) is 59.8 Å². The average Bonchev–Trinajstić information content (AvgIpc) is 3.05. The highest BCUT2D eigenvalue weighted by Gasteiger charge is 2.20. The molecule has 2 aromatic heterocycles. The molecule has 4 rings (SSSR count). The summed E-state index contributed by atoms with van der Waals surface area (Å²) in [4.78, 5) is 18.1. The lowest BCUT2D eigenvalue weighted by Gasteiger charge is -2.11. The fourth-order valence-electron chi connectivity index (χ4n) is 3.53. The van der Waals surface area contributed by atoms with Crippen LogP contribution in [-0.4, -0.2) is 20.7 Å². The Morgan fingerprint density at radius 1 is 1.03 bits per heavy atom. The van der Waals surface area contributed by atoms with Crippen LogP contribution in [-0.2, 0) is 6.54 Å². The van der Waals surface area contributed by atoms with E-state index in [0.29, 0.717) is 12.1 Å². The van der Waals surface area contributed by atoms with Gasteiger partial charge in [0.25, 0.3) is 5.91 Å². The Bertz CT molecular complexity index is 1210. The van der Waals surface area contributed by atoms with E-state index in [1.54, 1.807) is 0 Å². The van der Waals surface area contributed by atoms with E-state index in [-0.39, 0.29) is 5.91 Å². The molecule has 146 valence electrons. The number of nitrogens with one attached hydrogen (secondary N) is 1. The summed E-state index contributed by atoms with van der Waals surface area (Å²) in [5.74, 6) is -0.154. The molecule has 29 heavy (non-hydrogen) atoms. The molecule has 0 spiro atoms. The van der Waals surface area contributed by atoms with Gasteiger partial charge in [0, 0.05) is 17.8 Å². The van der Waals surface area contributed by atoms with Gasteiger partial charge in [-0.05, 0) is 45.4 Å². The molecule has 5 heteroatoms. The van der Waals surface area contributed by atoms with E-state index >= 15 is 0 Å². The number of para-hydroxylation sites is 1. The SMILES string of the molecule is CCn1nc(C)c2c(C(=O)Nc3ccccc3C)cc(-c3ccc(C)cc3)nc21. The number of nitrogens with zero attached hydrogens (tertiary/aromatic N) is 3. The molecule has 0 aliphatic carbocycles. The molecule has 1 amide bonds. The second-order valence-electron chi connectivity index (χ2n) is 7.29. The summed E-state index contributed by atoms with van der Waals surface area (Å²) in [6.07, 6.45) is 0. The first kappa shape index (κ1) is 18.9. The van der Waals surface area contributed by atoms with E-state index in [4.69, 9.17) is 4.98 Å². The molecule has 0 saturated carbocycles. The van der Waals surface area contributed by atoms with Gasteiger partial charge in [0.05, 0.1) is 22.3 Å². The van der Waals surface area contributed by atoms with Gasteiger partial charge < -0.3 is 5.32 Å². The van der Waals surface area contributed by atoms with Crippen molar-refractivity contribution in [1.29, 1.82) is 0 Å². The molecule has 0 radical (unpaired) electrons. The van der Waals surface area contributed by atoms with Crippen LogP contribution in [0.2, 0.25) is 0 Å². The molecule has 1 N–H and O–H groups in total. The monoisotopic (exact) mass is 384 g/mol. The Morgan fingerprint density at radius 3 is 2.45 bits per heavy atom. The zero-order valence-electron chi connectivity index (χ0n) is 17.2. The molecule has 0 unspecified atom stereocenters. The lowest BCUT2D eigenvalue weighted by Crippen LogP contribution is -2.14. The zero-order chi connectivity index (χ0) is 20.5. The molecule has 4 aromatic rings. The number of anilines is 1. The van der Waals surface area contributed by atoms with Gasteiger partial charge in [0.2, 0.25) is 0 Å². The number of benzene rings is 2. The molecule has 2 aromatic carbocycles. The number of aromatic nitrogens is 3. The van der Waals surface area contributed by atoms with Crippen molar-refractivity contribution in [1.82, 2.24) is 14.8 Å². The smallest absolute Gasteiger partial charge is 0.256 e. The van der Waals surface area contributed by atoms with Crippen LogP contribution in [0.1, 0.15) is 34.1 Å². The van der Waals surface area contributed by atoms with Crippen LogP contribution in [0.5, 0.6) is 0 Å². The fraction of sp³-hybridized carbons (Fsp3) is 0.208. The highest BCUT2D eigenvalue weighted by molar-refractivity contribution is 6.13. The van der Waals surface area contributed by atoms with Crippen LogP contribution in [0.3, 0.4) is 0 Å². The predicted molar refractivity (Wildman–Crippen MR) is 117 cm³/mol. The van der Waals surface area contributed by atoms with Gasteiger partial charge in [-0.15, -0.1) is 0 Å². The van der Waals surface area contributed by atoms with Crippen LogP contribution in [0.4, 0.5) is 5.69 Å². The summed E-state index contributed by atoms with van der Waals surface area (Å²) < 4.78 is 1.85. The van der Waals surface area contributed by atoms with Crippen molar-refractivity contribution in [2.24, 2.45) is 0 Å². The minimum atomic E-state index is -0.154. The summed E-state index contributed by atoms with van der Waals surface area (Å²) >= 11 is 0. The van der Waals surface area contributed by atoms with Crippen LogP contribution < -0.4 is 5.32 Å². The van der Waals surface area contributed by atoms with Gasteiger partial charge in [0.15, 0.2) is 5.65 Å². The number of fused-ring (bicyclic) bond motifs is 1. The van der Waals surface area contributed by atoms with Crippen LogP contribution >= 0.6 is 0 Å². The van der Waals surface area contributed by atoms with Crippen molar-refractivity contribution in [2.75, 3.05) is 5.32 Å². The first-order valence-corrected chi connectivity index (χ1v) is 9.80. The fourth-order valence-corrected chi connectivity index (χ4v) is 3.53. The van der Waals surface area contributed by atoms with Gasteiger partial charge in [0.1, 0.15) is 0 Å². The maximum absolute atomic E-state index is 13.3. The van der Waals surface area contributed by atoms with Crippen molar-refractivity contribution in [3.05, 3.63) is 77.0 Å². The Kier molecular flexibility index (Phi) is 4.89. The molecule has 0 saturated heterocycles. The molecule has 2 heterocycles. The Morgan fingerprint density at radius 2 is 1.76 bits per heavy atom. The minimum absolute atomic E-state index is 0.154. The van der Waals surface area contributed by atoms with Gasteiger partial charge in [-0.2, -0.15) is 5.10 Å². The van der Waals surface area contributed by atoms with Crippen molar-refractivity contribution in [3.8, 4) is 11.3 Å². The number of hydrogen-bond acceptors (Lipinski definition) is 3. The van der Waals surface area contributed by atoms with Crippen molar-refractivity contribution in [3.63, 3.8) is 0 Å². The van der Waals surface area contributed by atoms with Crippen molar-refractivity contribution >= 4 is 22.6 Å². The van der Waals surface area contributed by atoms with Crippen LogP contribution in [0.25, 0.3) is 22.3 Å². The van der Waals surface area contributed by atoms with Crippen LogP contribution in [0, 0.1) is 20.8 Å². The summed E-state index contributed by atoms with van der Waals surface area (Å²) in [6, 6.07) is 17.8. The summed E-state index contributed by atoms with van der Waals surface area (Å²) in [6.45, 7) is 8.67. The summed E-state index contributed by atoms with van der Waals surface area (Å²) in [7, 11) is 0. The molecule has 0 bridgehead atoms. The van der Waals surface area contributed by atoms with Gasteiger partial charge in [-0.3, -0.25) is 4.79 Å². The summed E-state index contributed by atoms with van der Waals surface area (Å²) in [5.41, 5.74) is 6.88. The molecule has 0 fully saturated rings. The number of aryl methyl sites for hydroxylation is 4. The number of pyridine rings is 1. The van der Waals surface area contributed by atoms with Gasteiger partial charge >= 0.3 is 0 Å². The lowest BCUT2D eigenvalue weighted by molar-refractivity contribution is 0.102. The molecule has 0 aliphatic heterocycles. The predicted octanol–water partition coefficient (Wildman–Crippen LogP) is 5.30. The second-order valence-corrected chi connectivity index (χ2v) is 7.29. The average molecular weight is 384 g/mol. The number of hydrogen-bond donors (Lipinski definition) is 1.